The van der Waals surface area contributed by atoms with E-state index in [9.17, 15) is 13.0 Å². The third kappa shape index (κ3) is 5.99. The SMILES string of the molecule is CCN=S(C)(=O)Cc1cc2nc(c1)OCCCCOc1cc(F)ccc1-c1cc(ncc1F)N2. The number of hydrogen-bond donors (Lipinski definition) is 1. The molecular weight excluding hydrogens is 462 g/mol. The van der Waals surface area contributed by atoms with Gasteiger partial charge in [-0.15, -0.1) is 0 Å². The van der Waals surface area contributed by atoms with Gasteiger partial charge in [0.05, 0.1) is 25.2 Å². The Hall–Kier alpha value is -3.27. The van der Waals surface area contributed by atoms with Gasteiger partial charge in [-0.2, -0.15) is 4.98 Å². The average Bonchev–Trinajstić information content (AvgIpc) is 2.77. The molecule has 0 saturated heterocycles. The number of hydrogen-bond acceptors (Lipinski definition) is 7. The molecule has 1 N–H and O–H groups in total. The number of ether oxygens (including phenoxy) is 2. The predicted octanol–water partition coefficient (Wildman–Crippen LogP) is 5.33. The predicted molar refractivity (Wildman–Crippen MR) is 128 cm³/mol. The molecule has 34 heavy (non-hydrogen) atoms. The lowest BCUT2D eigenvalue weighted by Gasteiger charge is -2.14. The van der Waals surface area contributed by atoms with Crippen molar-refractivity contribution in [3.8, 4) is 22.8 Å². The van der Waals surface area contributed by atoms with Crippen molar-refractivity contribution in [1.29, 1.82) is 0 Å². The lowest BCUT2D eigenvalue weighted by atomic mass is 10.0. The molecule has 1 aliphatic heterocycles. The molecule has 1 aromatic carbocycles. The number of fused-ring (bicyclic) bond motifs is 6. The summed E-state index contributed by atoms with van der Waals surface area (Å²) in [5.74, 6) is 0.568. The Morgan fingerprint density at radius 1 is 1.06 bits per heavy atom. The first kappa shape index (κ1) is 23.9. The van der Waals surface area contributed by atoms with Crippen LogP contribution in [0.5, 0.6) is 11.6 Å². The van der Waals surface area contributed by atoms with Gasteiger partial charge in [-0.1, -0.05) is 0 Å². The minimum absolute atomic E-state index is 0.216. The van der Waals surface area contributed by atoms with Crippen molar-refractivity contribution in [1.82, 2.24) is 9.97 Å². The number of anilines is 2. The Morgan fingerprint density at radius 2 is 1.85 bits per heavy atom. The van der Waals surface area contributed by atoms with Crippen molar-refractivity contribution < 1.29 is 22.5 Å². The smallest absolute Gasteiger partial charge is 0.215 e. The van der Waals surface area contributed by atoms with E-state index in [2.05, 4.69) is 19.6 Å². The second-order valence-electron chi connectivity index (χ2n) is 7.97. The van der Waals surface area contributed by atoms with Gasteiger partial charge >= 0.3 is 0 Å². The summed E-state index contributed by atoms with van der Waals surface area (Å²) in [6.45, 7) is 3.01. The second-order valence-corrected chi connectivity index (χ2v) is 10.4. The summed E-state index contributed by atoms with van der Waals surface area (Å²) in [7, 11) is -2.41. The molecule has 0 aliphatic carbocycles. The zero-order valence-electron chi connectivity index (χ0n) is 19.0. The fraction of sp³-hybridized carbons (Fsp3) is 0.333. The average molecular weight is 489 g/mol. The maximum atomic E-state index is 14.7. The van der Waals surface area contributed by atoms with E-state index < -0.39 is 21.4 Å². The third-order valence-electron chi connectivity index (χ3n) is 5.09. The number of nitrogens with zero attached hydrogens (tertiary/aromatic N) is 3. The molecule has 4 rings (SSSR count). The van der Waals surface area contributed by atoms with E-state index in [0.29, 0.717) is 55.7 Å². The molecule has 0 radical (unpaired) electrons. The number of nitrogens with one attached hydrogen (secondary N) is 1. The van der Waals surface area contributed by atoms with Gasteiger partial charge in [-0.25, -0.2) is 22.3 Å². The second kappa shape index (κ2) is 10.3. The number of aromatic nitrogens is 2. The van der Waals surface area contributed by atoms with E-state index in [-0.39, 0.29) is 17.1 Å². The maximum absolute atomic E-state index is 14.7. The fourth-order valence-corrected chi connectivity index (χ4v) is 5.08. The first-order valence-corrected chi connectivity index (χ1v) is 13.1. The summed E-state index contributed by atoms with van der Waals surface area (Å²) in [6.07, 6.45) is 4.01. The topological polar surface area (TPSA) is 85.7 Å². The first-order chi connectivity index (χ1) is 16.3. The molecule has 1 aliphatic rings. The standard InChI is InChI=1S/C24H26F2N4O3S/c1-3-28-34(2,31)15-16-10-23-29-22-13-19(20(26)14-27-22)18-7-6-17(25)12-21(18)32-8-4-5-9-33-24(11-16)30-23/h6-7,10-14H,3-5,8-9,15H2,1-2H3,(H,27,29,30). The summed E-state index contributed by atoms with van der Waals surface area (Å²) in [4.78, 5) is 8.60. The zero-order valence-corrected chi connectivity index (χ0v) is 19.8. The molecule has 10 heteroatoms. The summed E-state index contributed by atoms with van der Waals surface area (Å²) in [5.41, 5.74) is 1.38. The van der Waals surface area contributed by atoms with Gasteiger partial charge in [-0.05, 0) is 49.6 Å². The summed E-state index contributed by atoms with van der Waals surface area (Å²) < 4.78 is 57.2. The van der Waals surface area contributed by atoms with E-state index in [0.717, 1.165) is 11.8 Å². The van der Waals surface area contributed by atoms with Crippen LogP contribution in [0, 0.1) is 11.6 Å². The molecule has 180 valence electrons. The van der Waals surface area contributed by atoms with Crippen LogP contribution in [0.2, 0.25) is 0 Å². The molecule has 0 amide bonds. The summed E-state index contributed by atoms with van der Waals surface area (Å²) >= 11 is 0. The van der Waals surface area contributed by atoms with Crippen LogP contribution < -0.4 is 14.8 Å². The summed E-state index contributed by atoms with van der Waals surface area (Å²) in [6, 6.07) is 9.00. The molecule has 0 saturated carbocycles. The van der Waals surface area contributed by atoms with Gasteiger partial charge in [0.15, 0.2) is 0 Å². The monoisotopic (exact) mass is 488 g/mol. The van der Waals surface area contributed by atoms with Crippen LogP contribution in [0.3, 0.4) is 0 Å². The van der Waals surface area contributed by atoms with Gasteiger partial charge in [0.1, 0.15) is 29.0 Å². The molecule has 0 spiro atoms. The quantitative estimate of drug-likeness (QED) is 0.536. The highest BCUT2D eigenvalue weighted by atomic mass is 32.2. The van der Waals surface area contributed by atoms with Crippen LogP contribution in [0.4, 0.5) is 20.4 Å². The van der Waals surface area contributed by atoms with Gasteiger partial charge in [0.25, 0.3) is 0 Å². The normalized spacial score (nSPS) is 15.3. The highest BCUT2D eigenvalue weighted by Gasteiger charge is 2.16. The molecule has 3 aromatic rings. The highest BCUT2D eigenvalue weighted by molar-refractivity contribution is 7.92. The zero-order chi connectivity index (χ0) is 24.1. The Kier molecular flexibility index (Phi) is 7.26. The van der Waals surface area contributed by atoms with Crippen molar-refractivity contribution in [2.75, 3.05) is 31.3 Å². The molecule has 2 aromatic heterocycles. The molecule has 4 bridgehead atoms. The number of benzene rings is 1. The van der Waals surface area contributed by atoms with Crippen LogP contribution in [-0.2, 0) is 15.5 Å². The number of rotatable bonds is 3. The molecule has 1 unspecified atom stereocenters. The van der Waals surface area contributed by atoms with Crippen molar-refractivity contribution >= 4 is 21.4 Å². The van der Waals surface area contributed by atoms with Crippen molar-refractivity contribution in [3.63, 3.8) is 0 Å². The highest BCUT2D eigenvalue weighted by Crippen LogP contribution is 2.34. The van der Waals surface area contributed by atoms with E-state index in [1.807, 2.05) is 6.92 Å². The lowest BCUT2D eigenvalue weighted by molar-refractivity contribution is 0.261. The minimum atomic E-state index is -2.41. The van der Waals surface area contributed by atoms with Crippen LogP contribution in [0.1, 0.15) is 25.3 Å². The van der Waals surface area contributed by atoms with E-state index in [4.69, 9.17) is 9.47 Å². The lowest BCUT2D eigenvalue weighted by Crippen LogP contribution is -2.07. The van der Waals surface area contributed by atoms with Gasteiger partial charge in [0.2, 0.25) is 5.88 Å². The van der Waals surface area contributed by atoms with Crippen LogP contribution in [-0.4, -0.2) is 40.2 Å². The maximum Gasteiger partial charge on any atom is 0.215 e. The minimum Gasteiger partial charge on any atom is -0.493 e. The largest absolute Gasteiger partial charge is 0.493 e. The molecule has 1 atom stereocenters. The van der Waals surface area contributed by atoms with Crippen molar-refractivity contribution in [2.24, 2.45) is 4.36 Å². The van der Waals surface area contributed by atoms with Gasteiger partial charge < -0.3 is 14.8 Å². The Balaban J connectivity index is 1.77. The third-order valence-corrected chi connectivity index (χ3v) is 6.76. The molecule has 7 nitrogen and oxygen atoms in total. The first-order valence-electron chi connectivity index (χ1n) is 11.0. The van der Waals surface area contributed by atoms with Crippen LogP contribution >= 0.6 is 0 Å². The molecular formula is C24H26F2N4O3S. The molecule has 0 fully saturated rings. The van der Waals surface area contributed by atoms with Crippen LogP contribution in [0.15, 0.2) is 47.0 Å². The molecule has 3 heterocycles. The van der Waals surface area contributed by atoms with E-state index >= 15 is 0 Å². The Labute approximate surface area is 197 Å². The van der Waals surface area contributed by atoms with E-state index in [1.54, 1.807) is 18.4 Å². The Morgan fingerprint density at radius 3 is 2.65 bits per heavy atom. The Bertz CT molecular complexity index is 1310. The number of halogens is 2. The van der Waals surface area contributed by atoms with Crippen molar-refractivity contribution in [2.45, 2.75) is 25.5 Å². The van der Waals surface area contributed by atoms with Gasteiger partial charge in [0, 0.05) is 45.8 Å². The summed E-state index contributed by atoms with van der Waals surface area (Å²) in [5, 5.41) is 3.07. The number of pyridine rings is 2. The van der Waals surface area contributed by atoms with Crippen molar-refractivity contribution in [3.05, 3.63) is 59.8 Å². The van der Waals surface area contributed by atoms with E-state index in [1.165, 1.54) is 24.3 Å². The van der Waals surface area contributed by atoms with Crippen LogP contribution in [0.25, 0.3) is 11.1 Å². The van der Waals surface area contributed by atoms with Gasteiger partial charge in [-0.3, -0.25) is 0 Å². The fourth-order valence-electron chi connectivity index (χ4n) is 3.65.